The SMILES string of the molecule is Cc1cccc([C@H](N)C(F)(F)CO)c1C. The Kier molecular flexibility index (Phi) is 3.42. The molecule has 0 aromatic heterocycles. The van der Waals surface area contributed by atoms with Crippen molar-refractivity contribution in [2.24, 2.45) is 5.73 Å². The fraction of sp³-hybridized carbons (Fsp3) is 0.455. The lowest BCUT2D eigenvalue weighted by molar-refractivity contribution is -0.0713. The third-order valence-corrected chi connectivity index (χ3v) is 2.65. The molecular formula is C11H15F2NO. The lowest BCUT2D eigenvalue weighted by atomic mass is 9.94. The molecule has 0 aliphatic heterocycles. The highest BCUT2D eigenvalue weighted by Crippen LogP contribution is 2.31. The van der Waals surface area contributed by atoms with E-state index in [0.29, 0.717) is 5.56 Å². The first-order valence-electron chi connectivity index (χ1n) is 4.70. The van der Waals surface area contributed by atoms with Crippen molar-refractivity contribution in [1.82, 2.24) is 0 Å². The summed E-state index contributed by atoms with van der Waals surface area (Å²) in [5, 5.41) is 8.56. The lowest BCUT2D eigenvalue weighted by Crippen LogP contribution is -2.36. The first-order chi connectivity index (χ1) is 6.90. The van der Waals surface area contributed by atoms with Crippen LogP contribution >= 0.6 is 0 Å². The van der Waals surface area contributed by atoms with Crippen LogP contribution in [0.1, 0.15) is 22.7 Å². The second-order valence-corrected chi connectivity index (χ2v) is 3.69. The standard InChI is InChI=1S/C11H15F2NO/c1-7-4-3-5-9(8(7)2)10(14)11(12,13)6-15/h3-5,10,15H,6,14H2,1-2H3/t10-/m0/s1. The van der Waals surface area contributed by atoms with Crippen LogP contribution in [0.15, 0.2) is 18.2 Å². The summed E-state index contributed by atoms with van der Waals surface area (Å²) in [5.74, 6) is -3.28. The molecule has 1 aromatic carbocycles. The van der Waals surface area contributed by atoms with Crippen LogP contribution in [0.2, 0.25) is 0 Å². The first kappa shape index (κ1) is 12.1. The molecule has 4 heteroatoms. The maximum Gasteiger partial charge on any atom is 0.289 e. The molecule has 0 aliphatic carbocycles. The van der Waals surface area contributed by atoms with Crippen LogP contribution in [0, 0.1) is 13.8 Å². The Bertz CT molecular complexity index is 352. The summed E-state index contributed by atoms with van der Waals surface area (Å²) < 4.78 is 26.3. The monoisotopic (exact) mass is 215 g/mol. The molecule has 0 radical (unpaired) electrons. The smallest absolute Gasteiger partial charge is 0.289 e. The van der Waals surface area contributed by atoms with E-state index < -0.39 is 18.6 Å². The average Bonchev–Trinajstić information content (AvgIpc) is 2.21. The van der Waals surface area contributed by atoms with Gasteiger partial charge in [0.15, 0.2) is 0 Å². The van der Waals surface area contributed by atoms with Gasteiger partial charge in [-0.3, -0.25) is 0 Å². The molecule has 1 atom stereocenters. The third kappa shape index (κ3) is 2.33. The van der Waals surface area contributed by atoms with Crippen LogP contribution in [-0.2, 0) is 0 Å². The Morgan fingerprint density at radius 2 is 2.00 bits per heavy atom. The Balaban J connectivity index is 3.12. The van der Waals surface area contributed by atoms with Crippen LogP contribution in [0.4, 0.5) is 8.78 Å². The summed E-state index contributed by atoms with van der Waals surface area (Å²) in [6.07, 6.45) is 0. The van der Waals surface area contributed by atoms with Crippen molar-refractivity contribution in [2.75, 3.05) is 6.61 Å². The van der Waals surface area contributed by atoms with Gasteiger partial charge in [-0.2, -0.15) is 0 Å². The fourth-order valence-electron chi connectivity index (χ4n) is 1.44. The van der Waals surface area contributed by atoms with E-state index in [1.54, 1.807) is 19.1 Å². The molecule has 0 heterocycles. The van der Waals surface area contributed by atoms with Gasteiger partial charge >= 0.3 is 0 Å². The molecule has 0 spiro atoms. The van der Waals surface area contributed by atoms with E-state index in [2.05, 4.69) is 0 Å². The average molecular weight is 215 g/mol. The van der Waals surface area contributed by atoms with Crippen molar-refractivity contribution < 1.29 is 13.9 Å². The van der Waals surface area contributed by atoms with Gasteiger partial charge in [-0.25, -0.2) is 8.78 Å². The van der Waals surface area contributed by atoms with Crippen molar-refractivity contribution in [3.05, 3.63) is 34.9 Å². The molecule has 0 aliphatic rings. The summed E-state index contributed by atoms with van der Waals surface area (Å²) in [5.41, 5.74) is 7.49. The molecule has 1 aromatic rings. The van der Waals surface area contributed by atoms with E-state index >= 15 is 0 Å². The predicted molar refractivity (Wildman–Crippen MR) is 54.9 cm³/mol. The summed E-state index contributed by atoms with van der Waals surface area (Å²) in [7, 11) is 0. The van der Waals surface area contributed by atoms with Gasteiger partial charge in [-0.1, -0.05) is 18.2 Å². The maximum atomic E-state index is 13.2. The Morgan fingerprint density at radius 3 is 2.53 bits per heavy atom. The highest BCUT2D eigenvalue weighted by atomic mass is 19.3. The van der Waals surface area contributed by atoms with Crippen LogP contribution in [-0.4, -0.2) is 17.6 Å². The number of alkyl halides is 2. The van der Waals surface area contributed by atoms with Gasteiger partial charge in [-0.05, 0) is 30.5 Å². The minimum Gasteiger partial charge on any atom is -0.390 e. The number of hydrogen-bond acceptors (Lipinski definition) is 2. The fourth-order valence-corrected chi connectivity index (χ4v) is 1.44. The number of aliphatic hydroxyl groups is 1. The molecule has 0 fully saturated rings. The van der Waals surface area contributed by atoms with Crippen LogP contribution < -0.4 is 5.73 Å². The van der Waals surface area contributed by atoms with Crippen LogP contribution in [0.25, 0.3) is 0 Å². The van der Waals surface area contributed by atoms with Gasteiger partial charge in [0.05, 0.1) is 6.04 Å². The normalized spacial score (nSPS) is 14.0. The minimum absolute atomic E-state index is 0.383. The molecule has 84 valence electrons. The van der Waals surface area contributed by atoms with E-state index in [9.17, 15) is 8.78 Å². The summed E-state index contributed by atoms with van der Waals surface area (Å²) >= 11 is 0. The summed E-state index contributed by atoms with van der Waals surface area (Å²) in [6, 6.07) is 3.63. The van der Waals surface area contributed by atoms with Gasteiger partial charge in [0, 0.05) is 0 Å². The van der Waals surface area contributed by atoms with Crippen molar-refractivity contribution >= 4 is 0 Å². The number of halogens is 2. The molecule has 0 saturated heterocycles. The van der Waals surface area contributed by atoms with Crippen molar-refractivity contribution in [1.29, 1.82) is 0 Å². The zero-order valence-electron chi connectivity index (χ0n) is 8.80. The van der Waals surface area contributed by atoms with Crippen LogP contribution in [0.5, 0.6) is 0 Å². The molecule has 0 amide bonds. The molecule has 2 nitrogen and oxygen atoms in total. The third-order valence-electron chi connectivity index (χ3n) is 2.65. The molecule has 3 N–H and O–H groups in total. The molecule has 15 heavy (non-hydrogen) atoms. The molecule has 0 saturated carbocycles. The Hall–Kier alpha value is -1.00. The van der Waals surface area contributed by atoms with Gasteiger partial charge in [0.25, 0.3) is 5.92 Å². The predicted octanol–water partition coefficient (Wildman–Crippen LogP) is 1.93. The van der Waals surface area contributed by atoms with Gasteiger partial charge in [0.1, 0.15) is 6.61 Å². The topological polar surface area (TPSA) is 46.2 Å². The van der Waals surface area contributed by atoms with Crippen LogP contribution in [0.3, 0.4) is 0 Å². The van der Waals surface area contributed by atoms with Crippen molar-refractivity contribution in [2.45, 2.75) is 25.8 Å². The summed E-state index contributed by atoms with van der Waals surface area (Å²) in [6.45, 7) is 2.35. The number of hydrogen-bond donors (Lipinski definition) is 2. The van der Waals surface area contributed by atoms with E-state index in [1.165, 1.54) is 0 Å². The van der Waals surface area contributed by atoms with Gasteiger partial charge in [0.2, 0.25) is 0 Å². The number of benzene rings is 1. The number of aliphatic hydroxyl groups excluding tert-OH is 1. The molecular weight excluding hydrogens is 200 g/mol. The highest BCUT2D eigenvalue weighted by molar-refractivity contribution is 5.36. The Labute approximate surface area is 87.7 Å². The highest BCUT2D eigenvalue weighted by Gasteiger charge is 2.37. The van der Waals surface area contributed by atoms with Crippen molar-refractivity contribution in [3.8, 4) is 0 Å². The zero-order chi connectivity index (χ0) is 11.6. The molecule has 0 bridgehead atoms. The second-order valence-electron chi connectivity index (χ2n) is 3.69. The minimum atomic E-state index is -3.28. The van der Waals surface area contributed by atoms with Crippen molar-refractivity contribution in [3.63, 3.8) is 0 Å². The van der Waals surface area contributed by atoms with E-state index in [1.807, 2.05) is 13.0 Å². The first-order valence-corrected chi connectivity index (χ1v) is 4.70. The van der Waals surface area contributed by atoms with Gasteiger partial charge < -0.3 is 10.8 Å². The second kappa shape index (κ2) is 4.24. The van der Waals surface area contributed by atoms with E-state index in [-0.39, 0.29) is 0 Å². The quantitative estimate of drug-likeness (QED) is 0.809. The number of nitrogens with two attached hydrogens (primary N) is 1. The zero-order valence-corrected chi connectivity index (χ0v) is 8.80. The van der Waals surface area contributed by atoms with E-state index in [4.69, 9.17) is 10.8 Å². The Morgan fingerprint density at radius 1 is 1.40 bits per heavy atom. The molecule has 1 rings (SSSR count). The summed E-state index contributed by atoms with van der Waals surface area (Å²) in [4.78, 5) is 0. The van der Waals surface area contributed by atoms with E-state index in [0.717, 1.165) is 11.1 Å². The number of aryl methyl sites for hydroxylation is 1. The largest absolute Gasteiger partial charge is 0.390 e. The lowest BCUT2D eigenvalue weighted by Gasteiger charge is -2.23. The molecule has 0 unspecified atom stereocenters. The maximum absolute atomic E-state index is 13.2. The number of rotatable bonds is 3. The van der Waals surface area contributed by atoms with Gasteiger partial charge in [-0.15, -0.1) is 0 Å².